The lowest BCUT2D eigenvalue weighted by Crippen LogP contribution is -1.89. The Kier molecular flexibility index (Phi) is 3.23. The summed E-state index contributed by atoms with van der Waals surface area (Å²) in [5.41, 5.74) is 2.07. The summed E-state index contributed by atoms with van der Waals surface area (Å²) in [6, 6.07) is 13.3. The Morgan fingerprint density at radius 2 is 1.94 bits per heavy atom. The minimum Gasteiger partial charge on any atom is -0.233 e. The minimum absolute atomic E-state index is 0.226. The van der Waals surface area contributed by atoms with Crippen molar-refractivity contribution < 1.29 is 0 Å². The van der Waals surface area contributed by atoms with Crippen LogP contribution in [0.2, 0.25) is 5.15 Å². The van der Waals surface area contributed by atoms with Gasteiger partial charge in [-0.25, -0.2) is 4.98 Å². The second-order valence-corrected chi connectivity index (χ2v) is 4.35. The molecule has 0 saturated carbocycles. The number of hydrogen-bond acceptors (Lipinski definition) is 2. The summed E-state index contributed by atoms with van der Waals surface area (Å²) < 4.78 is 0.764. The highest BCUT2D eigenvalue weighted by Crippen LogP contribution is 2.29. The van der Waals surface area contributed by atoms with Crippen LogP contribution in [0.15, 0.2) is 40.9 Å². The molecule has 0 aliphatic rings. The van der Waals surface area contributed by atoms with Gasteiger partial charge in [0.05, 0.1) is 11.3 Å². The van der Waals surface area contributed by atoms with Crippen LogP contribution in [0.1, 0.15) is 5.56 Å². The third-order valence-corrected chi connectivity index (χ3v) is 2.99. The standard InChI is InChI=1S/C12H6BrClN2/c13-10-6-9(7-15)12(14)16-11(10)8-4-2-1-3-5-8/h1-6H. The number of rotatable bonds is 1. The van der Waals surface area contributed by atoms with Crippen molar-refractivity contribution in [3.63, 3.8) is 0 Å². The summed E-state index contributed by atoms with van der Waals surface area (Å²) in [5, 5.41) is 9.04. The zero-order valence-electron chi connectivity index (χ0n) is 8.11. The molecule has 2 nitrogen and oxygen atoms in total. The van der Waals surface area contributed by atoms with Crippen LogP contribution >= 0.6 is 27.5 Å². The molecule has 0 fully saturated rings. The summed E-state index contributed by atoms with van der Waals surface area (Å²) >= 11 is 9.28. The highest BCUT2D eigenvalue weighted by atomic mass is 79.9. The molecule has 4 heteroatoms. The molecule has 0 spiro atoms. The van der Waals surface area contributed by atoms with Crippen molar-refractivity contribution in [2.45, 2.75) is 0 Å². The molecule has 1 heterocycles. The van der Waals surface area contributed by atoms with Crippen molar-refractivity contribution in [1.29, 1.82) is 5.26 Å². The van der Waals surface area contributed by atoms with E-state index in [0.717, 1.165) is 15.7 Å². The van der Waals surface area contributed by atoms with E-state index in [9.17, 15) is 0 Å². The van der Waals surface area contributed by atoms with E-state index < -0.39 is 0 Å². The predicted molar refractivity (Wildman–Crippen MR) is 67.1 cm³/mol. The summed E-state index contributed by atoms with van der Waals surface area (Å²) in [7, 11) is 0. The molecule has 1 aromatic heterocycles. The molecule has 2 aromatic rings. The van der Waals surface area contributed by atoms with Crippen LogP contribution in [0.5, 0.6) is 0 Å². The topological polar surface area (TPSA) is 36.7 Å². The lowest BCUT2D eigenvalue weighted by molar-refractivity contribution is 1.28. The smallest absolute Gasteiger partial charge is 0.147 e. The molecule has 0 atom stereocenters. The number of benzene rings is 1. The number of halogens is 2. The fourth-order valence-electron chi connectivity index (χ4n) is 1.34. The van der Waals surface area contributed by atoms with Crippen LogP contribution in [0.3, 0.4) is 0 Å². The third-order valence-electron chi connectivity index (χ3n) is 2.10. The van der Waals surface area contributed by atoms with Crippen LogP contribution in [0.25, 0.3) is 11.3 Å². The number of aromatic nitrogens is 1. The monoisotopic (exact) mass is 292 g/mol. The van der Waals surface area contributed by atoms with E-state index in [1.54, 1.807) is 6.07 Å². The van der Waals surface area contributed by atoms with E-state index in [1.165, 1.54) is 0 Å². The first-order valence-corrected chi connectivity index (χ1v) is 5.71. The second-order valence-electron chi connectivity index (χ2n) is 3.13. The van der Waals surface area contributed by atoms with Gasteiger partial charge < -0.3 is 0 Å². The van der Waals surface area contributed by atoms with Gasteiger partial charge in [-0.05, 0) is 22.0 Å². The average Bonchev–Trinajstić information content (AvgIpc) is 2.32. The van der Waals surface area contributed by atoms with Gasteiger partial charge in [0, 0.05) is 10.0 Å². The fourth-order valence-corrected chi connectivity index (χ4v) is 2.07. The lowest BCUT2D eigenvalue weighted by Gasteiger charge is -2.05. The second kappa shape index (κ2) is 4.65. The van der Waals surface area contributed by atoms with Gasteiger partial charge >= 0.3 is 0 Å². The molecule has 0 saturated heterocycles. The van der Waals surface area contributed by atoms with Crippen LogP contribution in [-0.4, -0.2) is 4.98 Å². The Hall–Kier alpha value is -1.37. The largest absolute Gasteiger partial charge is 0.233 e. The first-order chi connectivity index (χ1) is 7.72. The van der Waals surface area contributed by atoms with Crippen LogP contribution in [0.4, 0.5) is 0 Å². The molecular formula is C12H6BrClN2. The third kappa shape index (κ3) is 2.08. The molecule has 1 aromatic carbocycles. The van der Waals surface area contributed by atoms with Gasteiger partial charge in [0.1, 0.15) is 11.2 Å². The van der Waals surface area contributed by atoms with Crippen molar-refractivity contribution in [2.75, 3.05) is 0 Å². The molecule has 0 amide bonds. The maximum atomic E-state index is 8.81. The number of nitrogens with zero attached hydrogens (tertiary/aromatic N) is 2. The Balaban J connectivity index is 2.60. The number of pyridine rings is 1. The Bertz CT molecular complexity index is 561. The number of hydrogen-bond donors (Lipinski definition) is 0. The first-order valence-electron chi connectivity index (χ1n) is 4.54. The van der Waals surface area contributed by atoms with Crippen LogP contribution in [0, 0.1) is 11.3 Å². The maximum Gasteiger partial charge on any atom is 0.147 e. The summed E-state index contributed by atoms with van der Waals surface area (Å²) in [6.07, 6.45) is 0. The highest BCUT2D eigenvalue weighted by Gasteiger charge is 2.09. The highest BCUT2D eigenvalue weighted by molar-refractivity contribution is 9.10. The van der Waals surface area contributed by atoms with Crippen LogP contribution < -0.4 is 0 Å². The van der Waals surface area contributed by atoms with Crippen molar-refractivity contribution >= 4 is 27.5 Å². The van der Waals surface area contributed by atoms with Crippen molar-refractivity contribution in [1.82, 2.24) is 4.98 Å². The van der Waals surface area contributed by atoms with E-state index in [1.807, 2.05) is 36.4 Å². The molecule has 0 radical (unpaired) electrons. The summed E-state index contributed by atoms with van der Waals surface area (Å²) in [6.45, 7) is 0. The Labute approximate surface area is 107 Å². The van der Waals surface area contributed by atoms with E-state index in [0.29, 0.717) is 5.56 Å². The zero-order valence-corrected chi connectivity index (χ0v) is 10.5. The molecule has 0 bridgehead atoms. The van der Waals surface area contributed by atoms with Crippen molar-refractivity contribution in [3.05, 3.63) is 51.6 Å². The molecule has 78 valence electrons. The van der Waals surface area contributed by atoms with Gasteiger partial charge in [-0.15, -0.1) is 0 Å². The van der Waals surface area contributed by atoms with Crippen molar-refractivity contribution in [2.24, 2.45) is 0 Å². The van der Waals surface area contributed by atoms with Crippen LogP contribution in [-0.2, 0) is 0 Å². The molecule has 2 rings (SSSR count). The predicted octanol–water partition coefficient (Wildman–Crippen LogP) is 4.04. The molecular weight excluding hydrogens is 288 g/mol. The molecule has 0 unspecified atom stereocenters. The quantitative estimate of drug-likeness (QED) is 0.744. The van der Waals surface area contributed by atoms with Gasteiger partial charge in [0.15, 0.2) is 0 Å². The molecule has 0 aliphatic carbocycles. The fraction of sp³-hybridized carbons (Fsp3) is 0. The molecule has 0 aliphatic heterocycles. The summed E-state index contributed by atoms with van der Waals surface area (Å²) in [5.74, 6) is 0. The minimum atomic E-state index is 0.226. The zero-order chi connectivity index (χ0) is 11.5. The number of nitriles is 1. The van der Waals surface area contributed by atoms with E-state index in [2.05, 4.69) is 20.9 Å². The average molecular weight is 294 g/mol. The van der Waals surface area contributed by atoms with Gasteiger partial charge in [-0.3, -0.25) is 0 Å². The maximum absolute atomic E-state index is 8.81. The lowest BCUT2D eigenvalue weighted by atomic mass is 10.1. The Morgan fingerprint density at radius 1 is 1.25 bits per heavy atom. The van der Waals surface area contributed by atoms with Gasteiger partial charge in [0.25, 0.3) is 0 Å². The van der Waals surface area contributed by atoms with E-state index in [4.69, 9.17) is 16.9 Å². The summed E-state index contributed by atoms with van der Waals surface area (Å²) in [4.78, 5) is 4.21. The van der Waals surface area contributed by atoms with E-state index >= 15 is 0 Å². The van der Waals surface area contributed by atoms with Gasteiger partial charge in [-0.2, -0.15) is 5.26 Å². The molecule has 0 N–H and O–H groups in total. The Morgan fingerprint density at radius 3 is 2.56 bits per heavy atom. The van der Waals surface area contributed by atoms with E-state index in [-0.39, 0.29) is 5.15 Å². The SMILES string of the molecule is N#Cc1cc(Br)c(-c2ccccc2)nc1Cl. The normalized spacial score (nSPS) is 9.81. The molecule has 16 heavy (non-hydrogen) atoms. The first kappa shape index (κ1) is 11.1. The van der Waals surface area contributed by atoms with Gasteiger partial charge in [-0.1, -0.05) is 41.9 Å². The van der Waals surface area contributed by atoms with Gasteiger partial charge in [0.2, 0.25) is 0 Å². The van der Waals surface area contributed by atoms with Crippen molar-refractivity contribution in [3.8, 4) is 17.3 Å².